The summed E-state index contributed by atoms with van der Waals surface area (Å²) < 4.78 is 5.49. The van der Waals surface area contributed by atoms with Gasteiger partial charge in [-0.05, 0) is 32.1 Å². The molecule has 6 nitrogen and oxygen atoms in total. The molecule has 6 heteroatoms. The van der Waals surface area contributed by atoms with Gasteiger partial charge in [-0.3, -0.25) is 9.59 Å². The minimum atomic E-state index is -0.841. The van der Waals surface area contributed by atoms with E-state index in [-0.39, 0.29) is 18.5 Å². The Labute approximate surface area is 489 Å². The second-order valence-electron chi connectivity index (χ2n) is 24.9. The summed E-state index contributed by atoms with van der Waals surface area (Å²) in [5.41, 5.74) is 0. The molecular formula is C72H141NO5. The zero-order valence-electron chi connectivity index (χ0n) is 53.2. The number of ether oxygens (including phenoxy) is 1. The van der Waals surface area contributed by atoms with Gasteiger partial charge >= 0.3 is 5.97 Å². The number of esters is 1. The van der Waals surface area contributed by atoms with E-state index >= 15 is 0 Å². The van der Waals surface area contributed by atoms with Crippen LogP contribution in [-0.2, 0) is 14.3 Å². The van der Waals surface area contributed by atoms with Crippen molar-refractivity contribution in [1.29, 1.82) is 0 Å². The Kier molecular flexibility index (Phi) is 66.9. The Morgan fingerprint density at radius 1 is 0.346 bits per heavy atom. The Morgan fingerprint density at radius 2 is 0.590 bits per heavy atom. The highest BCUT2D eigenvalue weighted by Crippen LogP contribution is 2.19. The van der Waals surface area contributed by atoms with Crippen molar-refractivity contribution in [2.75, 3.05) is 13.2 Å². The van der Waals surface area contributed by atoms with Gasteiger partial charge in [0.25, 0.3) is 0 Å². The molecule has 0 heterocycles. The van der Waals surface area contributed by atoms with E-state index in [4.69, 9.17) is 4.74 Å². The highest BCUT2D eigenvalue weighted by Gasteiger charge is 2.18. The van der Waals surface area contributed by atoms with Crippen LogP contribution in [0.4, 0.5) is 0 Å². The number of aliphatic hydroxyl groups is 2. The first-order valence-corrected chi connectivity index (χ1v) is 36.0. The third-order valence-corrected chi connectivity index (χ3v) is 17.1. The van der Waals surface area contributed by atoms with Crippen LogP contribution in [0, 0.1) is 0 Å². The van der Waals surface area contributed by atoms with E-state index in [9.17, 15) is 19.8 Å². The molecule has 0 aromatic heterocycles. The summed E-state index contributed by atoms with van der Waals surface area (Å²) in [6, 6.07) is -0.624. The lowest BCUT2D eigenvalue weighted by atomic mass is 10.0. The third-order valence-electron chi connectivity index (χ3n) is 17.1. The van der Waals surface area contributed by atoms with Crippen molar-refractivity contribution in [3.63, 3.8) is 0 Å². The topological polar surface area (TPSA) is 95.9 Å². The number of rotatable bonds is 68. The molecule has 0 saturated heterocycles. The number of carbonyl (C=O) groups is 2. The number of hydrogen-bond acceptors (Lipinski definition) is 5. The fourth-order valence-corrected chi connectivity index (χ4v) is 11.6. The summed E-state index contributed by atoms with van der Waals surface area (Å²) in [6.07, 6.45) is 84.4. The number of aliphatic hydroxyl groups excluding tert-OH is 2. The van der Waals surface area contributed by atoms with Crippen molar-refractivity contribution < 1.29 is 24.5 Å². The van der Waals surface area contributed by atoms with Crippen LogP contribution in [0.2, 0.25) is 0 Å². The van der Waals surface area contributed by atoms with Gasteiger partial charge in [0.1, 0.15) is 0 Å². The predicted molar refractivity (Wildman–Crippen MR) is 343 cm³/mol. The molecule has 2 atom stereocenters. The molecule has 0 aromatic carbocycles. The first kappa shape index (κ1) is 76.6. The number of unbranched alkanes of at least 4 members (excludes halogenated alkanes) is 57. The normalized spacial score (nSPS) is 12.5. The van der Waals surface area contributed by atoms with Gasteiger partial charge in [-0.25, -0.2) is 0 Å². The average Bonchev–Trinajstić information content (AvgIpc) is 3.44. The second kappa shape index (κ2) is 68.1. The maximum absolute atomic E-state index is 12.5. The molecule has 0 saturated carbocycles. The summed E-state index contributed by atoms with van der Waals surface area (Å²) in [4.78, 5) is 24.6. The summed E-state index contributed by atoms with van der Waals surface area (Å²) in [6.45, 7) is 4.95. The van der Waals surface area contributed by atoms with Crippen molar-refractivity contribution in [3.8, 4) is 0 Å². The fraction of sp³-hybridized carbons (Fsp3) is 0.944. The van der Waals surface area contributed by atoms with Crippen LogP contribution in [-0.4, -0.2) is 47.4 Å². The van der Waals surface area contributed by atoms with Crippen LogP contribution < -0.4 is 5.32 Å². The van der Waals surface area contributed by atoms with E-state index in [2.05, 4.69) is 19.2 Å². The van der Waals surface area contributed by atoms with Crippen molar-refractivity contribution >= 4 is 11.9 Å². The number of carbonyl (C=O) groups excluding carboxylic acids is 2. The van der Waals surface area contributed by atoms with Crippen LogP contribution in [0.15, 0.2) is 12.2 Å². The Balaban J connectivity index is 3.34. The maximum Gasteiger partial charge on any atom is 0.305 e. The zero-order valence-corrected chi connectivity index (χ0v) is 53.2. The molecule has 0 rings (SSSR count). The van der Waals surface area contributed by atoms with E-state index < -0.39 is 12.1 Å². The van der Waals surface area contributed by atoms with Crippen LogP contribution in [0.25, 0.3) is 0 Å². The van der Waals surface area contributed by atoms with Crippen LogP contribution >= 0.6 is 0 Å². The van der Waals surface area contributed by atoms with Crippen LogP contribution in [0.5, 0.6) is 0 Å². The Hall–Kier alpha value is -1.40. The van der Waals surface area contributed by atoms with Gasteiger partial charge in [0.05, 0.1) is 25.4 Å². The molecular weight excluding hydrogens is 959 g/mol. The summed E-state index contributed by atoms with van der Waals surface area (Å²) in [5, 5.41) is 23.2. The average molecular weight is 1100 g/mol. The molecule has 3 N–H and O–H groups in total. The van der Waals surface area contributed by atoms with Crippen molar-refractivity contribution in [1.82, 2.24) is 5.32 Å². The first-order valence-electron chi connectivity index (χ1n) is 36.0. The van der Waals surface area contributed by atoms with Gasteiger partial charge < -0.3 is 20.3 Å². The van der Waals surface area contributed by atoms with E-state index in [1.807, 2.05) is 6.08 Å². The largest absolute Gasteiger partial charge is 0.466 e. The van der Waals surface area contributed by atoms with Crippen LogP contribution in [0.3, 0.4) is 0 Å². The molecule has 0 aliphatic heterocycles. The molecule has 0 aliphatic carbocycles. The minimum absolute atomic E-state index is 0.0223. The van der Waals surface area contributed by atoms with Crippen molar-refractivity contribution in [3.05, 3.63) is 12.2 Å². The van der Waals surface area contributed by atoms with Crippen molar-refractivity contribution in [2.24, 2.45) is 0 Å². The van der Waals surface area contributed by atoms with Gasteiger partial charge in [-0.15, -0.1) is 0 Å². The Bertz CT molecular complexity index is 1180. The van der Waals surface area contributed by atoms with E-state index in [0.29, 0.717) is 19.4 Å². The monoisotopic (exact) mass is 1100 g/mol. The lowest BCUT2D eigenvalue weighted by molar-refractivity contribution is -0.143. The van der Waals surface area contributed by atoms with Gasteiger partial charge in [0.15, 0.2) is 0 Å². The molecule has 0 aromatic rings. The quantitative estimate of drug-likeness (QED) is 0.0320. The van der Waals surface area contributed by atoms with Crippen molar-refractivity contribution in [2.45, 2.75) is 424 Å². The number of hydrogen-bond donors (Lipinski definition) is 3. The molecule has 464 valence electrons. The predicted octanol–water partition coefficient (Wildman–Crippen LogP) is 23.1. The Morgan fingerprint density at radius 3 is 0.872 bits per heavy atom. The van der Waals surface area contributed by atoms with E-state index in [0.717, 1.165) is 38.5 Å². The summed E-state index contributed by atoms with van der Waals surface area (Å²) >= 11 is 0. The third kappa shape index (κ3) is 63.8. The van der Waals surface area contributed by atoms with E-state index in [1.165, 1.54) is 347 Å². The van der Waals surface area contributed by atoms with Gasteiger partial charge in [0.2, 0.25) is 5.91 Å². The standard InChI is InChI=1S/C72H141NO5/c1-3-5-7-9-11-13-15-17-18-19-34-37-41-44-48-52-56-60-64-70(75)69(68-74)73-71(76)65-61-57-53-49-45-42-38-35-32-30-28-26-24-22-20-21-23-25-27-29-31-33-36-39-43-47-51-55-59-63-67-78-72(77)66-62-58-54-50-46-40-16-14-12-10-8-6-4-2/h60,64,69-70,74-75H,3-59,61-63,65-68H2,1-2H3,(H,73,76)/b64-60+. The highest BCUT2D eigenvalue weighted by molar-refractivity contribution is 5.76. The number of allylic oxidation sites excluding steroid dienone is 1. The molecule has 1 amide bonds. The van der Waals surface area contributed by atoms with Gasteiger partial charge in [-0.1, -0.05) is 379 Å². The number of amides is 1. The fourth-order valence-electron chi connectivity index (χ4n) is 11.6. The molecule has 0 aliphatic rings. The maximum atomic E-state index is 12.5. The second-order valence-corrected chi connectivity index (χ2v) is 24.9. The molecule has 0 spiro atoms. The van der Waals surface area contributed by atoms with Gasteiger partial charge in [0, 0.05) is 12.8 Å². The lowest BCUT2D eigenvalue weighted by Crippen LogP contribution is -2.45. The zero-order chi connectivity index (χ0) is 56.4. The smallest absolute Gasteiger partial charge is 0.305 e. The summed E-state index contributed by atoms with van der Waals surface area (Å²) in [7, 11) is 0. The molecule has 0 radical (unpaired) electrons. The molecule has 0 fully saturated rings. The highest BCUT2D eigenvalue weighted by atomic mass is 16.5. The molecule has 0 bridgehead atoms. The van der Waals surface area contributed by atoms with Crippen LogP contribution in [0.1, 0.15) is 412 Å². The number of nitrogens with one attached hydrogen (secondary N) is 1. The SMILES string of the molecule is CCCCCCCCCCCCCCCCCC/C=C/C(O)C(CO)NC(=O)CCCCCCCCCCCCCCCCCCCCCCCCCCCCCCCCOC(=O)CCCCCCCCCCCCCCC. The minimum Gasteiger partial charge on any atom is -0.466 e. The lowest BCUT2D eigenvalue weighted by Gasteiger charge is -2.20. The molecule has 2 unspecified atom stereocenters. The first-order chi connectivity index (χ1) is 38.5. The molecule has 78 heavy (non-hydrogen) atoms. The summed E-state index contributed by atoms with van der Waals surface area (Å²) in [5.74, 6) is -0.0378. The van der Waals surface area contributed by atoms with E-state index in [1.54, 1.807) is 6.08 Å². The van der Waals surface area contributed by atoms with Gasteiger partial charge in [-0.2, -0.15) is 0 Å².